The van der Waals surface area contributed by atoms with Crippen molar-refractivity contribution >= 4 is 10.2 Å². The molecule has 1 aliphatic rings. The lowest BCUT2D eigenvalue weighted by atomic mass is 10.0. The molecule has 1 atom stereocenters. The maximum Gasteiger partial charge on any atom is 0.279 e. The van der Waals surface area contributed by atoms with Crippen LogP contribution in [-0.2, 0) is 10.2 Å². The van der Waals surface area contributed by atoms with Crippen molar-refractivity contribution in [2.75, 3.05) is 26.2 Å². The maximum absolute atomic E-state index is 12.0. The number of hydrogen-bond acceptors (Lipinski definition) is 3. The van der Waals surface area contributed by atoms with E-state index >= 15 is 0 Å². The SMILES string of the molecule is CC(C)CCNS(=O)(=O)N1CCCC(CO)C1. The molecule has 0 spiro atoms. The molecule has 1 unspecified atom stereocenters. The van der Waals surface area contributed by atoms with Gasteiger partial charge in [0.25, 0.3) is 10.2 Å². The Morgan fingerprint density at radius 2 is 2.18 bits per heavy atom. The molecule has 1 rings (SSSR count). The molecular weight excluding hydrogens is 240 g/mol. The summed E-state index contributed by atoms with van der Waals surface area (Å²) in [5, 5.41) is 9.08. The van der Waals surface area contributed by atoms with Crippen molar-refractivity contribution in [3.63, 3.8) is 0 Å². The zero-order valence-corrected chi connectivity index (χ0v) is 11.5. The van der Waals surface area contributed by atoms with Gasteiger partial charge >= 0.3 is 0 Å². The summed E-state index contributed by atoms with van der Waals surface area (Å²) in [4.78, 5) is 0. The molecule has 2 N–H and O–H groups in total. The molecule has 0 aromatic heterocycles. The Hall–Kier alpha value is -0.170. The van der Waals surface area contributed by atoms with Gasteiger partial charge in [0.15, 0.2) is 0 Å². The highest BCUT2D eigenvalue weighted by Gasteiger charge is 2.27. The Bertz CT molecular complexity index is 317. The molecule has 0 aromatic rings. The Balaban J connectivity index is 2.46. The number of rotatable bonds is 6. The van der Waals surface area contributed by atoms with Gasteiger partial charge in [-0.3, -0.25) is 0 Å². The Morgan fingerprint density at radius 3 is 2.76 bits per heavy atom. The first-order valence-corrected chi connectivity index (χ1v) is 7.75. The summed E-state index contributed by atoms with van der Waals surface area (Å²) in [6.45, 7) is 5.69. The molecule has 5 nitrogen and oxygen atoms in total. The van der Waals surface area contributed by atoms with Gasteiger partial charge in [-0.25, -0.2) is 4.72 Å². The quantitative estimate of drug-likeness (QED) is 0.737. The van der Waals surface area contributed by atoms with Gasteiger partial charge in [-0.05, 0) is 31.1 Å². The molecule has 102 valence electrons. The van der Waals surface area contributed by atoms with Crippen LogP contribution in [0.15, 0.2) is 0 Å². The standard InChI is InChI=1S/C11H24N2O3S/c1-10(2)5-6-12-17(15,16)13-7-3-4-11(8-13)9-14/h10-12,14H,3-9H2,1-2H3. The van der Waals surface area contributed by atoms with E-state index < -0.39 is 10.2 Å². The van der Waals surface area contributed by atoms with Crippen LogP contribution in [0.5, 0.6) is 0 Å². The first-order chi connectivity index (χ1) is 7.95. The molecule has 1 saturated heterocycles. The highest BCUT2D eigenvalue weighted by Crippen LogP contribution is 2.17. The second kappa shape index (κ2) is 6.68. The van der Waals surface area contributed by atoms with Crippen molar-refractivity contribution in [1.29, 1.82) is 0 Å². The topological polar surface area (TPSA) is 69.6 Å². The molecule has 1 aliphatic heterocycles. The number of piperidine rings is 1. The molecule has 0 radical (unpaired) electrons. The summed E-state index contributed by atoms with van der Waals surface area (Å²) < 4.78 is 28.0. The molecule has 0 aliphatic carbocycles. The normalized spacial score (nSPS) is 23.2. The molecule has 0 aromatic carbocycles. The van der Waals surface area contributed by atoms with Crippen LogP contribution in [0.3, 0.4) is 0 Å². The highest BCUT2D eigenvalue weighted by atomic mass is 32.2. The Kier molecular flexibility index (Phi) is 5.85. The molecule has 1 heterocycles. The summed E-state index contributed by atoms with van der Waals surface area (Å²) in [7, 11) is -3.35. The molecule has 6 heteroatoms. The van der Waals surface area contributed by atoms with Crippen LogP contribution in [0, 0.1) is 11.8 Å². The monoisotopic (exact) mass is 264 g/mol. The second-order valence-electron chi connectivity index (χ2n) is 5.13. The van der Waals surface area contributed by atoms with Crippen LogP contribution < -0.4 is 4.72 Å². The van der Waals surface area contributed by atoms with Crippen LogP contribution in [-0.4, -0.2) is 44.1 Å². The predicted octanol–water partition coefficient (Wildman–Crippen LogP) is 0.571. The van der Waals surface area contributed by atoms with E-state index in [1.807, 2.05) is 0 Å². The van der Waals surface area contributed by atoms with Gasteiger partial charge in [-0.15, -0.1) is 0 Å². The largest absolute Gasteiger partial charge is 0.396 e. The summed E-state index contributed by atoms with van der Waals surface area (Å²) in [5.74, 6) is 0.578. The van der Waals surface area contributed by atoms with Gasteiger partial charge in [0.1, 0.15) is 0 Å². The fourth-order valence-corrected chi connectivity index (χ4v) is 3.30. The van der Waals surface area contributed by atoms with Gasteiger partial charge < -0.3 is 5.11 Å². The third-order valence-electron chi connectivity index (χ3n) is 3.09. The summed E-state index contributed by atoms with van der Waals surface area (Å²) in [6, 6.07) is 0. The zero-order valence-electron chi connectivity index (χ0n) is 10.7. The van der Waals surface area contributed by atoms with E-state index in [4.69, 9.17) is 5.11 Å². The molecular formula is C11H24N2O3S. The third kappa shape index (κ3) is 4.91. The van der Waals surface area contributed by atoms with Gasteiger partial charge in [-0.1, -0.05) is 13.8 Å². The molecule has 0 bridgehead atoms. The van der Waals surface area contributed by atoms with E-state index in [1.54, 1.807) is 0 Å². The molecule has 0 amide bonds. The lowest BCUT2D eigenvalue weighted by molar-refractivity contribution is 0.164. The first kappa shape index (κ1) is 14.9. The minimum absolute atomic E-state index is 0.0675. The third-order valence-corrected chi connectivity index (χ3v) is 4.67. The van der Waals surface area contributed by atoms with Crippen molar-refractivity contribution in [1.82, 2.24) is 9.03 Å². The first-order valence-electron chi connectivity index (χ1n) is 6.31. The lowest BCUT2D eigenvalue weighted by Gasteiger charge is -2.30. The zero-order chi connectivity index (χ0) is 12.9. The van der Waals surface area contributed by atoms with Gasteiger partial charge in [0.2, 0.25) is 0 Å². The number of hydrogen-bond donors (Lipinski definition) is 2. The average Bonchev–Trinajstić information content (AvgIpc) is 2.28. The van der Waals surface area contributed by atoms with E-state index in [2.05, 4.69) is 18.6 Å². The van der Waals surface area contributed by atoms with Crippen LogP contribution in [0.2, 0.25) is 0 Å². The van der Waals surface area contributed by atoms with Crippen molar-refractivity contribution in [2.24, 2.45) is 11.8 Å². The second-order valence-corrected chi connectivity index (χ2v) is 6.89. The van der Waals surface area contributed by atoms with Crippen molar-refractivity contribution in [3.05, 3.63) is 0 Å². The minimum Gasteiger partial charge on any atom is -0.396 e. The van der Waals surface area contributed by atoms with Crippen LogP contribution in [0.4, 0.5) is 0 Å². The average molecular weight is 264 g/mol. The van der Waals surface area contributed by atoms with E-state index in [-0.39, 0.29) is 12.5 Å². The van der Waals surface area contributed by atoms with Gasteiger partial charge in [0, 0.05) is 26.2 Å². The van der Waals surface area contributed by atoms with Gasteiger partial charge in [-0.2, -0.15) is 12.7 Å². The number of aliphatic hydroxyl groups excluding tert-OH is 1. The summed E-state index contributed by atoms with van der Waals surface area (Å²) in [5.41, 5.74) is 0. The smallest absolute Gasteiger partial charge is 0.279 e. The number of aliphatic hydroxyl groups is 1. The Labute approximate surface area is 104 Å². The summed E-state index contributed by atoms with van der Waals surface area (Å²) in [6.07, 6.45) is 2.58. The van der Waals surface area contributed by atoms with Crippen LogP contribution in [0.1, 0.15) is 33.1 Å². The summed E-state index contributed by atoms with van der Waals surface area (Å²) >= 11 is 0. The van der Waals surface area contributed by atoms with Crippen LogP contribution in [0.25, 0.3) is 0 Å². The van der Waals surface area contributed by atoms with E-state index in [1.165, 1.54) is 4.31 Å². The van der Waals surface area contributed by atoms with Crippen LogP contribution >= 0.6 is 0 Å². The van der Waals surface area contributed by atoms with E-state index in [9.17, 15) is 8.42 Å². The minimum atomic E-state index is -3.35. The number of nitrogens with one attached hydrogen (secondary N) is 1. The van der Waals surface area contributed by atoms with Crippen molar-refractivity contribution in [2.45, 2.75) is 33.1 Å². The van der Waals surface area contributed by atoms with E-state index in [0.29, 0.717) is 25.6 Å². The van der Waals surface area contributed by atoms with Crippen molar-refractivity contribution < 1.29 is 13.5 Å². The van der Waals surface area contributed by atoms with Crippen molar-refractivity contribution in [3.8, 4) is 0 Å². The fourth-order valence-electron chi connectivity index (χ4n) is 1.96. The molecule has 0 saturated carbocycles. The maximum atomic E-state index is 12.0. The van der Waals surface area contributed by atoms with E-state index in [0.717, 1.165) is 19.3 Å². The molecule has 17 heavy (non-hydrogen) atoms. The number of nitrogens with zero attached hydrogens (tertiary/aromatic N) is 1. The lowest BCUT2D eigenvalue weighted by Crippen LogP contribution is -2.46. The fraction of sp³-hybridized carbons (Fsp3) is 1.00. The highest BCUT2D eigenvalue weighted by molar-refractivity contribution is 7.87. The molecule has 1 fully saturated rings. The Morgan fingerprint density at radius 1 is 1.47 bits per heavy atom. The predicted molar refractivity (Wildman–Crippen MR) is 67.8 cm³/mol. The van der Waals surface area contributed by atoms with Gasteiger partial charge in [0.05, 0.1) is 0 Å².